The number of aliphatic hydroxyl groups excluding tert-OH is 1. The van der Waals surface area contributed by atoms with E-state index in [1.165, 1.54) is 32.1 Å². The number of nitrogens with zero attached hydrogens (tertiary/aromatic N) is 3. The average Bonchev–Trinajstić information content (AvgIpc) is 3.24. The van der Waals surface area contributed by atoms with Crippen LogP contribution in [-0.4, -0.2) is 24.5 Å². The van der Waals surface area contributed by atoms with E-state index < -0.39 is 11.1 Å². The number of thiophene rings is 1. The van der Waals surface area contributed by atoms with Gasteiger partial charge in [0, 0.05) is 10.9 Å². The molecular formula is C16H21N3OS2. The largest absolute Gasteiger partial charge is 0.382 e. The van der Waals surface area contributed by atoms with Gasteiger partial charge in [0.15, 0.2) is 5.82 Å². The molecule has 2 aromatic rings. The number of thiol groups is 1. The van der Waals surface area contributed by atoms with Crippen molar-refractivity contribution in [3.63, 3.8) is 0 Å². The maximum atomic E-state index is 10.9. The van der Waals surface area contributed by atoms with Crippen LogP contribution < -0.4 is 0 Å². The fourth-order valence-corrected chi connectivity index (χ4v) is 6.58. The van der Waals surface area contributed by atoms with Gasteiger partial charge in [-0.05, 0) is 23.8 Å². The van der Waals surface area contributed by atoms with Crippen LogP contribution in [0.3, 0.4) is 0 Å². The molecule has 0 bridgehead atoms. The SMILES string of the molecule is OC(CC1CCCCC1)[SH]1C(c2ccsc2)=Nc2cncn21. The Bertz CT molecular complexity index is 659. The summed E-state index contributed by atoms with van der Waals surface area (Å²) in [4.78, 5) is 8.94. The molecule has 2 aliphatic rings. The van der Waals surface area contributed by atoms with Crippen LogP contribution in [0.15, 0.2) is 34.3 Å². The molecule has 4 nitrogen and oxygen atoms in total. The van der Waals surface area contributed by atoms with Crippen molar-refractivity contribution in [1.29, 1.82) is 0 Å². The molecule has 0 amide bonds. The van der Waals surface area contributed by atoms with Crippen molar-refractivity contribution >= 4 is 33.3 Å². The van der Waals surface area contributed by atoms with Gasteiger partial charge in [-0.3, -0.25) is 3.97 Å². The number of fused-ring (bicyclic) bond motifs is 1. The van der Waals surface area contributed by atoms with Gasteiger partial charge < -0.3 is 5.11 Å². The van der Waals surface area contributed by atoms with E-state index in [0.717, 1.165) is 22.8 Å². The molecule has 1 saturated carbocycles. The fourth-order valence-electron chi connectivity index (χ4n) is 3.48. The van der Waals surface area contributed by atoms with Crippen LogP contribution >= 0.6 is 22.4 Å². The first kappa shape index (κ1) is 14.5. The Morgan fingerprint density at radius 1 is 1.36 bits per heavy atom. The smallest absolute Gasteiger partial charge is 0.162 e. The minimum atomic E-state index is -0.858. The van der Waals surface area contributed by atoms with Gasteiger partial charge in [0.2, 0.25) is 0 Å². The molecule has 1 fully saturated rings. The van der Waals surface area contributed by atoms with Gasteiger partial charge in [0.25, 0.3) is 0 Å². The number of aromatic nitrogens is 2. The van der Waals surface area contributed by atoms with Crippen LogP contribution in [-0.2, 0) is 0 Å². The molecule has 1 aliphatic carbocycles. The Morgan fingerprint density at radius 3 is 3.00 bits per heavy atom. The summed E-state index contributed by atoms with van der Waals surface area (Å²) >= 11 is 0.823. The summed E-state index contributed by atoms with van der Waals surface area (Å²) in [6.07, 6.45) is 11.0. The van der Waals surface area contributed by atoms with Gasteiger partial charge in [-0.1, -0.05) is 43.2 Å². The van der Waals surface area contributed by atoms with E-state index in [1.54, 1.807) is 17.5 Å². The molecule has 0 saturated heterocycles. The second kappa shape index (κ2) is 6.18. The number of imidazole rings is 1. The third-order valence-corrected chi connectivity index (χ3v) is 7.62. The van der Waals surface area contributed by atoms with E-state index in [1.807, 2.05) is 6.33 Å². The van der Waals surface area contributed by atoms with Crippen LogP contribution in [0.5, 0.6) is 0 Å². The summed E-state index contributed by atoms with van der Waals surface area (Å²) < 4.78 is 2.09. The molecule has 118 valence electrons. The Hall–Kier alpha value is -1.11. The fraction of sp³-hybridized carbons (Fsp3) is 0.500. The molecule has 22 heavy (non-hydrogen) atoms. The highest BCUT2D eigenvalue weighted by Crippen LogP contribution is 2.48. The Balaban J connectivity index is 1.59. The Kier molecular flexibility index (Phi) is 4.07. The molecule has 2 aromatic heterocycles. The Labute approximate surface area is 137 Å². The predicted molar refractivity (Wildman–Crippen MR) is 94.3 cm³/mol. The molecule has 2 atom stereocenters. The van der Waals surface area contributed by atoms with Crippen molar-refractivity contribution in [2.45, 2.75) is 44.0 Å². The first-order valence-electron chi connectivity index (χ1n) is 7.94. The van der Waals surface area contributed by atoms with Gasteiger partial charge in [-0.25, -0.2) is 9.98 Å². The molecule has 1 N–H and O–H groups in total. The number of aliphatic imine (C=N–C) groups is 1. The standard InChI is InChI=1S/C16H21N3OS2/c20-15(8-12-4-2-1-3-5-12)22-16(13-6-7-21-10-13)18-14-9-17-11-19(14)22/h6-7,9-12,15,20,22H,1-5,8H2. The second-order valence-corrected chi connectivity index (χ2v) is 9.03. The minimum Gasteiger partial charge on any atom is -0.382 e. The van der Waals surface area contributed by atoms with Gasteiger partial charge >= 0.3 is 0 Å². The molecule has 4 rings (SSSR count). The van der Waals surface area contributed by atoms with Gasteiger partial charge in [-0.15, -0.1) is 0 Å². The maximum absolute atomic E-state index is 10.9. The molecule has 1 aliphatic heterocycles. The highest BCUT2D eigenvalue weighted by atomic mass is 32.2. The van der Waals surface area contributed by atoms with Gasteiger partial charge in [0.05, 0.1) is 6.20 Å². The normalized spacial score (nSPS) is 25.0. The number of hydrogen-bond donors (Lipinski definition) is 2. The summed E-state index contributed by atoms with van der Waals surface area (Å²) in [7, 11) is 0. The lowest BCUT2D eigenvalue weighted by Crippen LogP contribution is -2.21. The van der Waals surface area contributed by atoms with Gasteiger partial charge in [0.1, 0.15) is 16.8 Å². The quantitative estimate of drug-likeness (QED) is 0.827. The van der Waals surface area contributed by atoms with Crippen LogP contribution in [0.25, 0.3) is 0 Å². The van der Waals surface area contributed by atoms with Crippen molar-refractivity contribution in [1.82, 2.24) is 8.96 Å². The highest BCUT2D eigenvalue weighted by Gasteiger charge is 2.32. The monoisotopic (exact) mass is 335 g/mol. The summed E-state index contributed by atoms with van der Waals surface area (Å²) in [5, 5.41) is 16.2. The van der Waals surface area contributed by atoms with E-state index in [4.69, 9.17) is 4.99 Å². The average molecular weight is 335 g/mol. The zero-order valence-electron chi connectivity index (χ0n) is 12.4. The van der Waals surface area contributed by atoms with Crippen LogP contribution in [0, 0.1) is 5.92 Å². The lowest BCUT2D eigenvalue weighted by molar-refractivity contribution is 0.201. The molecule has 6 heteroatoms. The van der Waals surface area contributed by atoms with Crippen molar-refractivity contribution in [2.24, 2.45) is 10.9 Å². The molecule has 0 radical (unpaired) electrons. The number of aliphatic hydroxyl groups is 1. The van der Waals surface area contributed by atoms with Gasteiger partial charge in [-0.2, -0.15) is 11.3 Å². The van der Waals surface area contributed by atoms with E-state index in [2.05, 4.69) is 25.8 Å². The predicted octanol–water partition coefficient (Wildman–Crippen LogP) is 4.09. The summed E-state index contributed by atoms with van der Waals surface area (Å²) in [6.45, 7) is 0. The number of rotatable bonds is 4. The van der Waals surface area contributed by atoms with E-state index in [9.17, 15) is 5.11 Å². The van der Waals surface area contributed by atoms with Crippen LogP contribution in [0.1, 0.15) is 44.1 Å². The summed E-state index contributed by atoms with van der Waals surface area (Å²) in [5.41, 5.74) is 0.828. The minimum absolute atomic E-state index is 0.327. The second-order valence-electron chi connectivity index (χ2n) is 6.11. The highest BCUT2D eigenvalue weighted by molar-refractivity contribution is 8.29. The molecule has 3 heterocycles. The Morgan fingerprint density at radius 2 is 2.23 bits per heavy atom. The lowest BCUT2D eigenvalue weighted by Gasteiger charge is -2.30. The maximum Gasteiger partial charge on any atom is 0.162 e. The lowest BCUT2D eigenvalue weighted by atomic mass is 9.87. The van der Waals surface area contributed by atoms with E-state index in [-0.39, 0.29) is 5.44 Å². The topological polar surface area (TPSA) is 50.4 Å². The van der Waals surface area contributed by atoms with Crippen molar-refractivity contribution < 1.29 is 5.11 Å². The van der Waals surface area contributed by atoms with E-state index in [0.29, 0.717) is 5.92 Å². The van der Waals surface area contributed by atoms with E-state index >= 15 is 0 Å². The third-order valence-electron chi connectivity index (χ3n) is 4.60. The number of hydrogen-bond acceptors (Lipinski definition) is 4. The third kappa shape index (κ3) is 2.64. The summed E-state index contributed by atoms with van der Waals surface area (Å²) in [5.74, 6) is 1.55. The zero-order chi connectivity index (χ0) is 14.9. The van der Waals surface area contributed by atoms with Crippen LogP contribution in [0.4, 0.5) is 5.82 Å². The first-order valence-corrected chi connectivity index (χ1v) is 10.2. The zero-order valence-corrected chi connectivity index (χ0v) is 14.1. The van der Waals surface area contributed by atoms with Crippen molar-refractivity contribution in [3.8, 4) is 0 Å². The first-order chi connectivity index (χ1) is 10.8. The molecule has 0 spiro atoms. The molecule has 2 unspecified atom stereocenters. The van der Waals surface area contributed by atoms with Crippen LogP contribution in [0.2, 0.25) is 0 Å². The summed E-state index contributed by atoms with van der Waals surface area (Å²) in [6, 6.07) is 2.10. The van der Waals surface area contributed by atoms with Crippen molar-refractivity contribution in [3.05, 3.63) is 34.9 Å². The van der Waals surface area contributed by atoms with Crippen molar-refractivity contribution in [2.75, 3.05) is 0 Å². The molecule has 0 aromatic carbocycles. The molecular weight excluding hydrogens is 314 g/mol.